The standard InChI is InChI=1S/C18H21F3N2O4/c19-18(20,21)12-3-4-13(14(8-12)22-5-1-2-6-22)17(27)23-9-11(7-16(25)26)15(24)10-23/h3-4,8,11,15,24H,1-2,5-7,9-10H2,(H,25,26)/t11-,15-/m1/s1. The van der Waals surface area contributed by atoms with Gasteiger partial charge in [-0.1, -0.05) is 0 Å². The molecule has 6 nitrogen and oxygen atoms in total. The van der Waals surface area contributed by atoms with Crippen molar-refractivity contribution in [1.82, 2.24) is 4.90 Å². The van der Waals surface area contributed by atoms with E-state index < -0.39 is 35.6 Å². The number of hydrogen-bond acceptors (Lipinski definition) is 4. The van der Waals surface area contributed by atoms with Gasteiger partial charge >= 0.3 is 12.1 Å². The highest BCUT2D eigenvalue weighted by Gasteiger charge is 2.38. The quantitative estimate of drug-likeness (QED) is 0.829. The summed E-state index contributed by atoms with van der Waals surface area (Å²) >= 11 is 0. The van der Waals surface area contributed by atoms with E-state index in [1.54, 1.807) is 4.90 Å². The molecule has 1 aromatic carbocycles. The molecule has 3 rings (SSSR count). The van der Waals surface area contributed by atoms with E-state index in [0.29, 0.717) is 13.1 Å². The molecule has 2 aliphatic heterocycles. The van der Waals surface area contributed by atoms with Crippen LogP contribution in [0.25, 0.3) is 0 Å². The minimum absolute atomic E-state index is 0.0305. The number of hydrogen-bond donors (Lipinski definition) is 2. The molecular formula is C18H21F3N2O4. The van der Waals surface area contributed by atoms with Gasteiger partial charge in [-0.05, 0) is 31.0 Å². The minimum atomic E-state index is -4.51. The Morgan fingerprint density at radius 3 is 2.41 bits per heavy atom. The number of carboxylic acid groups (broad SMARTS) is 1. The van der Waals surface area contributed by atoms with E-state index in [4.69, 9.17) is 5.11 Å². The molecule has 148 valence electrons. The number of β-amino-alcohol motifs (C(OH)–C–C–N with tert-alkyl or cyclic N) is 1. The number of aliphatic hydroxyl groups is 1. The lowest BCUT2D eigenvalue weighted by molar-refractivity contribution is -0.139. The second-order valence-corrected chi connectivity index (χ2v) is 7.06. The number of carbonyl (C=O) groups excluding carboxylic acids is 1. The molecule has 0 radical (unpaired) electrons. The van der Waals surface area contributed by atoms with Crippen LogP contribution in [0.15, 0.2) is 18.2 Å². The van der Waals surface area contributed by atoms with Gasteiger partial charge in [-0.2, -0.15) is 13.2 Å². The number of carboxylic acids is 1. The van der Waals surface area contributed by atoms with Gasteiger partial charge in [-0.25, -0.2) is 0 Å². The molecule has 2 fully saturated rings. The Balaban J connectivity index is 1.89. The molecule has 0 aliphatic carbocycles. The molecule has 2 N–H and O–H groups in total. The molecule has 2 aliphatic rings. The summed E-state index contributed by atoms with van der Waals surface area (Å²) in [7, 11) is 0. The molecule has 1 aromatic rings. The van der Waals surface area contributed by atoms with Crippen molar-refractivity contribution in [1.29, 1.82) is 0 Å². The van der Waals surface area contributed by atoms with Gasteiger partial charge in [0, 0.05) is 32.1 Å². The minimum Gasteiger partial charge on any atom is -0.481 e. The molecular weight excluding hydrogens is 365 g/mol. The van der Waals surface area contributed by atoms with Crippen LogP contribution in [-0.4, -0.2) is 59.3 Å². The molecule has 2 atom stereocenters. The maximum absolute atomic E-state index is 13.1. The summed E-state index contributed by atoms with van der Waals surface area (Å²) in [5.41, 5.74) is -0.428. The third kappa shape index (κ3) is 4.18. The smallest absolute Gasteiger partial charge is 0.416 e. The molecule has 0 spiro atoms. The second-order valence-electron chi connectivity index (χ2n) is 7.06. The van der Waals surface area contributed by atoms with Crippen LogP contribution in [0.2, 0.25) is 0 Å². The van der Waals surface area contributed by atoms with Gasteiger partial charge in [0.15, 0.2) is 0 Å². The summed E-state index contributed by atoms with van der Waals surface area (Å²) < 4.78 is 39.3. The highest BCUT2D eigenvalue weighted by atomic mass is 19.4. The van der Waals surface area contributed by atoms with Gasteiger partial charge < -0.3 is 20.0 Å². The maximum atomic E-state index is 13.1. The van der Waals surface area contributed by atoms with Crippen LogP contribution in [0, 0.1) is 5.92 Å². The van der Waals surface area contributed by atoms with E-state index in [9.17, 15) is 27.9 Å². The van der Waals surface area contributed by atoms with Crippen molar-refractivity contribution in [2.45, 2.75) is 31.5 Å². The molecule has 2 saturated heterocycles. The summed E-state index contributed by atoms with van der Waals surface area (Å²) in [5.74, 6) is -2.14. The molecule has 1 amide bonds. The van der Waals surface area contributed by atoms with Gasteiger partial charge in [0.25, 0.3) is 5.91 Å². The summed E-state index contributed by atoms with van der Waals surface area (Å²) in [6.07, 6.45) is -4.06. The fourth-order valence-corrected chi connectivity index (χ4v) is 3.72. The van der Waals surface area contributed by atoms with Crippen LogP contribution >= 0.6 is 0 Å². The number of alkyl halides is 3. The Kier molecular flexibility index (Phi) is 5.32. The van der Waals surface area contributed by atoms with Crippen molar-refractivity contribution >= 4 is 17.6 Å². The van der Waals surface area contributed by atoms with E-state index in [-0.39, 0.29) is 30.8 Å². The van der Waals surface area contributed by atoms with Crippen LogP contribution in [-0.2, 0) is 11.0 Å². The summed E-state index contributed by atoms with van der Waals surface area (Å²) in [5, 5.41) is 18.9. The lowest BCUT2D eigenvalue weighted by Crippen LogP contribution is -2.32. The number of likely N-dealkylation sites (tertiary alicyclic amines) is 1. The van der Waals surface area contributed by atoms with Crippen molar-refractivity contribution in [2.24, 2.45) is 5.92 Å². The van der Waals surface area contributed by atoms with E-state index in [1.807, 2.05) is 0 Å². The van der Waals surface area contributed by atoms with Crippen molar-refractivity contribution in [2.75, 3.05) is 31.1 Å². The van der Waals surface area contributed by atoms with Crippen LogP contribution in [0.3, 0.4) is 0 Å². The molecule has 0 unspecified atom stereocenters. The number of rotatable bonds is 4. The van der Waals surface area contributed by atoms with Crippen LogP contribution in [0.1, 0.15) is 35.2 Å². The Bertz CT molecular complexity index is 732. The molecule has 0 aromatic heterocycles. The number of nitrogens with zero attached hydrogens (tertiary/aromatic N) is 2. The molecule has 0 saturated carbocycles. The highest BCUT2D eigenvalue weighted by Crippen LogP contribution is 2.35. The maximum Gasteiger partial charge on any atom is 0.416 e. The monoisotopic (exact) mass is 386 g/mol. The van der Waals surface area contributed by atoms with Gasteiger partial charge in [-0.15, -0.1) is 0 Å². The van der Waals surface area contributed by atoms with Crippen molar-refractivity contribution in [3.05, 3.63) is 29.3 Å². The average molecular weight is 386 g/mol. The Morgan fingerprint density at radius 2 is 1.81 bits per heavy atom. The van der Waals surface area contributed by atoms with Crippen molar-refractivity contribution in [3.63, 3.8) is 0 Å². The van der Waals surface area contributed by atoms with Crippen LogP contribution in [0.4, 0.5) is 18.9 Å². The second kappa shape index (κ2) is 7.38. The van der Waals surface area contributed by atoms with Gasteiger partial charge in [0.05, 0.1) is 29.3 Å². The Hall–Kier alpha value is -2.29. The fraction of sp³-hybridized carbons (Fsp3) is 0.556. The van der Waals surface area contributed by atoms with Crippen LogP contribution in [0.5, 0.6) is 0 Å². The third-order valence-corrected chi connectivity index (χ3v) is 5.13. The number of aliphatic carboxylic acids is 1. The lowest BCUT2D eigenvalue weighted by Gasteiger charge is -2.25. The van der Waals surface area contributed by atoms with Gasteiger partial charge in [0.2, 0.25) is 0 Å². The number of amides is 1. The lowest BCUT2D eigenvalue weighted by atomic mass is 10.0. The Morgan fingerprint density at radius 1 is 1.15 bits per heavy atom. The van der Waals surface area contributed by atoms with Gasteiger partial charge in [0.1, 0.15) is 0 Å². The third-order valence-electron chi connectivity index (χ3n) is 5.13. The predicted octanol–water partition coefficient (Wildman–Crippen LogP) is 2.21. The van der Waals surface area contributed by atoms with Crippen LogP contribution < -0.4 is 4.90 Å². The van der Waals surface area contributed by atoms with E-state index in [0.717, 1.165) is 25.0 Å². The van der Waals surface area contributed by atoms with Crippen molar-refractivity contribution < 1.29 is 33.0 Å². The summed E-state index contributed by atoms with van der Waals surface area (Å²) in [6, 6.07) is 3.06. The van der Waals surface area contributed by atoms with Crippen molar-refractivity contribution in [3.8, 4) is 0 Å². The first-order valence-electron chi connectivity index (χ1n) is 8.82. The molecule has 27 heavy (non-hydrogen) atoms. The zero-order valence-corrected chi connectivity index (χ0v) is 14.6. The topological polar surface area (TPSA) is 81.1 Å². The average Bonchev–Trinajstić information content (AvgIpc) is 3.23. The Labute approximate surface area is 154 Å². The summed E-state index contributed by atoms with van der Waals surface area (Å²) in [4.78, 5) is 26.9. The van der Waals surface area contributed by atoms with E-state index >= 15 is 0 Å². The number of carbonyl (C=O) groups is 2. The molecule has 0 bridgehead atoms. The zero-order chi connectivity index (χ0) is 19.8. The highest BCUT2D eigenvalue weighted by molar-refractivity contribution is 6.00. The first-order valence-corrected chi connectivity index (χ1v) is 8.82. The summed E-state index contributed by atoms with van der Waals surface area (Å²) in [6.45, 7) is 1.18. The fourth-order valence-electron chi connectivity index (χ4n) is 3.72. The normalized spacial score (nSPS) is 23.1. The number of aliphatic hydroxyl groups excluding tert-OH is 1. The largest absolute Gasteiger partial charge is 0.481 e. The first kappa shape index (κ1) is 19.5. The predicted molar refractivity (Wildman–Crippen MR) is 90.5 cm³/mol. The van der Waals surface area contributed by atoms with Gasteiger partial charge in [-0.3, -0.25) is 9.59 Å². The number of anilines is 1. The number of halogens is 3. The zero-order valence-electron chi connectivity index (χ0n) is 14.6. The number of benzene rings is 1. The van der Waals surface area contributed by atoms with E-state index in [2.05, 4.69) is 0 Å². The first-order chi connectivity index (χ1) is 12.7. The van der Waals surface area contributed by atoms with E-state index in [1.165, 1.54) is 11.0 Å². The SMILES string of the molecule is O=C(O)C[C@@H]1CN(C(=O)c2ccc(C(F)(F)F)cc2N2CCCC2)C[C@H]1O. The molecule has 2 heterocycles. The molecule has 9 heteroatoms.